The molecule has 0 amide bonds. The Labute approximate surface area is 137 Å². The molecule has 1 aromatic heterocycles. The van der Waals surface area contributed by atoms with Gasteiger partial charge in [0.25, 0.3) is 0 Å². The third-order valence-corrected chi connectivity index (χ3v) is 3.98. The molecule has 0 aliphatic heterocycles. The average molecular weight is 312 g/mol. The second-order valence-corrected chi connectivity index (χ2v) is 5.89. The summed E-state index contributed by atoms with van der Waals surface area (Å²) in [5.74, 6) is 3.35. The normalized spacial score (nSPS) is 14.7. The van der Waals surface area contributed by atoms with Gasteiger partial charge in [-0.15, -0.1) is 0 Å². The fourth-order valence-corrected chi connectivity index (χ4v) is 2.93. The molecule has 0 unspecified atom stereocenters. The molecule has 0 bridgehead atoms. The van der Waals surface area contributed by atoms with Gasteiger partial charge in [0.05, 0.1) is 6.61 Å². The molecule has 1 saturated carbocycles. The fourth-order valence-electron chi connectivity index (χ4n) is 2.93. The van der Waals surface area contributed by atoms with Crippen LogP contribution in [0.3, 0.4) is 0 Å². The van der Waals surface area contributed by atoms with Crippen molar-refractivity contribution in [3.05, 3.63) is 36.2 Å². The molecule has 1 fully saturated rings. The number of aromatic nitrogens is 2. The summed E-state index contributed by atoms with van der Waals surface area (Å²) < 4.78 is 5.46. The molecule has 23 heavy (non-hydrogen) atoms. The van der Waals surface area contributed by atoms with E-state index >= 15 is 0 Å². The van der Waals surface area contributed by atoms with Gasteiger partial charge in [-0.1, -0.05) is 12.8 Å². The molecule has 0 radical (unpaired) electrons. The summed E-state index contributed by atoms with van der Waals surface area (Å²) >= 11 is 0. The quantitative estimate of drug-likeness (QED) is 0.833. The molecule has 3 rings (SSSR count). The first-order chi connectivity index (χ1) is 11.2. The van der Waals surface area contributed by atoms with E-state index in [1.165, 1.54) is 25.7 Å². The zero-order valence-electron chi connectivity index (χ0n) is 13.8. The van der Waals surface area contributed by atoms with Crippen LogP contribution in [0.4, 0.5) is 17.3 Å². The van der Waals surface area contributed by atoms with Gasteiger partial charge in [0.15, 0.2) is 0 Å². The van der Waals surface area contributed by atoms with Gasteiger partial charge in [-0.05, 0) is 51.0 Å². The minimum absolute atomic E-state index is 0.544. The van der Waals surface area contributed by atoms with Crippen LogP contribution in [-0.4, -0.2) is 22.6 Å². The Morgan fingerprint density at radius 3 is 2.48 bits per heavy atom. The van der Waals surface area contributed by atoms with E-state index in [2.05, 4.69) is 20.6 Å². The largest absolute Gasteiger partial charge is 0.494 e. The lowest BCUT2D eigenvalue weighted by atomic mass is 10.2. The second kappa shape index (κ2) is 7.31. The highest BCUT2D eigenvalue weighted by Gasteiger charge is 2.15. The zero-order valence-corrected chi connectivity index (χ0v) is 13.8. The van der Waals surface area contributed by atoms with E-state index in [0.717, 1.165) is 28.9 Å². The van der Waals surface area contributed by atoms with Gasteiger partial charge in [-0.25, -0.2) is 9.97 Å². The van der Waals surface area contributed by atoms with Gasteiger partial charge in [-0.2, -0.15) is 0 Å². The van der Waals surface area contributed by atoms with Gasteiger partial charge in [0, 0.05) is 17.8 Å². The van der Waals surface area contributed by atoms with E-state index in [-0.39, 0.29) is 0 Å². The van der Waals surface area contributed by atoms with E-state index in [1.54, 1.807) is 0 Å². The summed E-state index contributed by atoms with van der Waals surface area (Å²) in [6.07, 6.45) is 5.06. The lowest BCUT2D eigenvalue weighted by molar-refractivity contribution is 0.340. The molecule has 0 saturated heterocycles. The topological polar surface area (TPSA) is 59.1 Å². The van der Waals surface area contributed by atoms with Crippen LogP contribution in [0.2, 0.25) is 0 Å². The molecule has 1 aromatic carbocycles. The van der Waals surface area contributed by atoms with Crippen molar-refractivity contribution in [1.29, 1.82) is 0 Å². The Balaban J connectivity index is 1.70. The van der Waals surface area contributed by atoms with Crippen LogP contribution in [-0.2, 0) is 0 Å². The van der Waals surface area contributed by atoms with Gasteiger partial charge < -0.3 is 15.4 Å². The first-order valence-corrected chi connectivity index (χ1v) is 8.35. The molecule has 1 aliphatic rings. The van der Waals surface area contributed by atoms with E-state index in [0.29, 0.717) is 12.6 Å². The molecule has 2 aromatic rings. The number of nitrogens with zero attached hydrogens (tertiary/aromatic N) is 2. The van der Waals surface area contributed by atoms with Crippen molar-refractivity contribution in [3.63, 3.8) is 0 Å². The zero-order chi connectivity index (χ0) is 16.1. The van der Waals surface area contributed by atoms with Gasteiger partial charge >= 0.3 is 0 Å². The summed E-state index contributed by atoms with van der Waals surface area (Å²) in [6.45, 7) is 4.58. The Hall–Kier alpha value is -2.30. The predicted octanol–water partition coefficient (Wildman–Crippen LogP) is 4.28. The molecule has 2 N–H and O–H groups in total. The number of ether oxygens (including phenoxy) is 1. The first kappa shape index (κ1) is 15.6. The molecule has 0 spiro atoms. The van der Waals surface area contributed by atoms with Crippen molar-refractivity contribution in [2.75, 3.05) is 17.2 Å². The van der Waals surface area contributed by atoms with Crippen LogP contribution in [0, 0.1) is 6.92 Å². The monoisotopic (exact) mass is 312 g/mol. The molecule has 5 nitrogen and oxygen atoms in total. The summed E-state index contributed by atoms with van der Waals surface area (Å²) in [7, 11) is 0. The first-order valence-electron chi connectivity index (χ1n) is 8.35. The van der Waals surface area contributed by atoms with Crippen molar-refractivity contribution in [1.82, 2.24) is 9.97 Å². The minimum atomic E-state index is 0.544. The number of benzene rings is 1. The molecular weight excluding hydrogens is 288 g/mol. The lowest BCUT2D eigenvalue weighted by Gasteiger charge is -2.14. The number of anilines is 3. The lowest BCUT2D eigenvalue weighted by Crippen LogP contribution is -2.16. The van der Waals surface area contributed by atoms with Gasteiger partial charge in [-0.3, -0.25) is 0 Å². The summed E-state index contributed by atoms with van der Waals surface area (Å²) in [6, 6.07) is 10.4. The Morgan fingerprint density at radius 2 is 1.78 bits per heavy atom. The summed E-state index contributed by atoms with van der Waals surface area (Å²) in [5, 5.41) is 6.86. The second-order valence-electron chi connectivity index (χ2n) is 5.89. The fraction of sp³-hybridized carbons (Fsp3) is 0.444. The van der Waals surface area contributed by atoms with Crippen molar-refractivity contribution in [2.24, 2.45) is 0 Å². The Bertz CT molecular complexity index is 636. The number of aryl methyl sites for hydroxylation is 1. The highest BCUT2D eigenvalue weighted by Crippen LogP contribution is 2.24. The summed E-state index contributed by atoms with van der Waals surface area (Å²) in [5.41, 5.74) is 0.985. The number of hydrogen-bond acceptors (Lipinski definition) is 5. The maximum Gasteiger partial charge on any atom is 0.136 e. The predicted molar refractivity (Wildman–Crippen MR) is 93.5 cm³/mol. The van der Waals surface area contributed by atoms with Crippen molar-refractivity contribution < 1.29 is 4.74 Å². The van der Waals surface area contributed by atoms with E-state index in [4.69, 9.17) is 4.74 Å². The van der Waals surface area contributed by atoms with Crippen LogP contribution in [0.25, 0.3) is 0 Å². The number of nitrogens with one attached hydrogen (secondary N) is 2. The smallest absolute Gasteiger partial charge is 0.136 e. The van der Waals surface area contributed by atoms with Crippen LogP contribution in [0.1, 0.15) is 38.4 Å². The standard InChI is InChI=1S/C18H24N4O/c1-3-23-16-10-8-15(9-11-16)22-18-12-17(19-13(2)20-18)21-14-6-4-5-7-14/h8-12,14H,3-7H2,1-2H3,(H2,19,20,21,22). The minimum Gasteiger partial charge on any atom is -0.494 e. The van der Waals surface area contributed by atoms with Crippen molar-refractivity contribution in [2.45, 2.75) is 45.6 Å². The third kappa shape index (κ3) is 4.34. The number of rotatable bonds is 6. The maximum absolute atomic E-state index is 5.46. The summed E-state index contributed by atoms with van der Waals surface area (Å²) in [4.78, 5) is 8.96. The van der Waals surface area contributed by atoms with E-state index in [9.17, 15) is 0 Å². The van der Waals surface area contributed by atoms with E-state index < -0.39 is 0 Å². The Morgan fingerprint density at radius 1 is 1.09 bits per heavy atom. The molecule has 1 heterocycles. The number of hydrogen-bond donors (Lipinski definition) is 2. The van der Waals surface area contributed by atoms with Crippen LogP contribution in [0.15, 0.2) is 30.3 Å². The third-order valence-electron chi connectivity index (χ3n) is 3.98. The van der Waals surface area contributed by atoms with Crippen molar-refractivity contribution in [3.8, 4) is 5.75 Å². The molecule has 122 valence electrons. The molecule has 5 heteroatoms. The molecule has 1 aliphatic carbocycles. The van der Waals surface area contributed by atoms with Gasteiger partial charge in [0.2, 0.25) is 0 Å². The van der Waals surface area contributed by atoms with E-state index in [1.807, 2.05) is 44.2 Å². The Kier molecular flexibility index (Phi) is 4.95. The molecule has 0 atom stereocenters. The van der Waals surface area contributed by atoms with Gasteiger partial charge in [0.1, 0.15) is 23.2 Å². The molecular formula is C18H24N4O. The van der Waals surface area contributed by atoms with Crippen molar-refractivity contribution >= 4 is 17.3 Å². The van der Waals surface area contributed by atoms with Crippen LogP contribution in [0.5, 0.6) is 5.75 Å². The highest BCUT2D eigenvalue weighted by molar-refractivity contribution is 5.60. The highest BCUT2D eigenvalue weighted by atomic mass is 16.5. The maximum atomic E-state index is 5.46. The average Bonchev–Trinajstić information content (AvgIpc) is 3.02. The van der Waals surface area contributed by atoms with Crippen LogP contribution < -0.4 is 15.4 Å². The van der Waals surface area contributed by atoms with Crippen LogP contribution >= 0.6 is 0 Å². The SMILES string of the molecule is CCOc1ccc(Nc2cc(NC3CCCC3)nc(C)n2)cc1.